The highest BCUT2D eigenvalue weighted by Gasteiger charge is 2.52. The molecule has 0 heterocycles. The maximum absolute atomic E-state index is 12.7. The van der Waals surface area contributed by atoms with Crippen molar-refractivity contribution < 1.29 is 4.79 Å². The van der Waals surface area contributed by atoms with E-state index in [9.17, 15) is 5.53 Å². The molecule has 0 aromatic heterocycles. The Morgan fingerprint density at radius 1 is 0.313 bits per heavy atom. The molecule has 6 aliphatic rings. The highest BCUT2D eigenvalue weighted by atomic mass is 14.9. The van der Waals surface area contributed by atoms with Gasteiger partial charge in [0.2, 0.25) is 0 Å². The number of aryl methyl sites for hydroxylation is 4. The van der Waals surface area contributed by atoms with Crippen LogP contribution in [0.25, 0.3) is 70.9 Å². The molecule has 0 fully saturated rings. The lowest BCUT2D eigenvalue weighted by atomic mass is 9.53. The quantitative estimate of drug-likeness (QED) is 0.0554. The Hall–Kier alpha value is -11.4. The van der Waals surface area contributed by atoms with E-state index >= 15 is 0 Å². The molecule has 0 aliphatic heterocycles. The topological polar surface area (TPSA) is 36.4 Å². The van der Waals surface area contributed by atoms with Gasteiger partial charge < -0.3 is 5.53 Å². The summed E-state index contributed by atoms with van der Waals surface area (Å²) in [4.78, 5) is 4.73. The third-order valence-electron chi connectivity index (χ3n) is 22.8. The first-order valence-electron chi connectivity index (χ1n) is 35.1. The molecule has 0 unspecified atom stereocenters. The first-order valence-corrected chi connectivity index (χ1v) is 35.1. The minimum atomic E-state index is -0.749. The van der Waals surface area contributed by atoms with Crippen molar-refractivity contribution in [1.29, 1.82) is 0 Å². The molecule has 2 heteroatoms. The lowest BCUT2D eigenvalue weighted by Crippen LogP contribution is -2.41. The largest absolute Gasteiger partial charge is 0.361 e. The molecular weight excluding hydrogens is 1190 g/mol. The molecule has 0 amide bonds. The van der Waals surface area contributed by atoms with E-state index in [1.807, 2.05) is 0 Å². The van der Waals surface area contributed by atoms with E-state index in [4.69, 9.17) is 4.79 Å². The van der Waals surface area contributed by atoms with Gasteiger partial charge >= 0.3 is 5.71 Å². The average Bonchev–Trinajstić information content (AvgIpc) is 0.687. The zero-order chi connectivity index (χ0) is 67.6. The number of nitrogens with zero attached hydrogens (tertiary/aromatic N) is 2. The first-order chi connectivity index (χ1) is 48.0. The molecule has 2 nitrogen and oxygen atoms in total. The Morgan fingerprint density at radius 2 is 0.576 bits per heavy atom. The Kier molecular flexibility index (Phi) is 13.2. The van der Waals surface area contributed by atoms with Crippen LogP contribution in [0.5, 0.6) is 0 Å². The van der Waals surface area contributed by atoms with Crippen molar-refractivity contribution in [3.8, 4) is 45.9 Å². The smallest absolute Gasteiger partial charge is 0.332 e. The van der Waals surface area contributed by atoms with Crippen LogP contribution in [0.1, 0.15) is 176 Å². The molecule has 0 saturated carbocycles. The van der Waals surface area contributed by atoms with Crippen LogP contribution in [0.2, 0.25) is 0 Å². The maximum atomic E-state index is 12.7. The monoisotopic (exact) mass is 1270 g/mol. The van der Waals surface area contributed by atoms with Gasteiger partial charge in [-0.15, -0.1) is 0 Å². The summed E-state index contributed by atoms with van der Waals surface area (Å²) in [5, 5.41) is 8.07. The van der Waals surface area contributed by atoms with E-state index in [1.54, 1.807) is 0 Å². The van der Waals surface area contributed by atoms with Gasteiger partial charge in [-0.3, -0.25) is 0 Å². The molecule has 0 N–H and O–H groups in total. The molecule has 99 heavy (non-hydrogen) atoms. The van der Waals surface area contributed by atoms with Gasteiger partial charge in [-0.1, -0.05) is 296 Å². The Balaban J connectivity index is 0.971. The van der Waals surface area contributed by atoms with Gasteiger partial charge in [0, 0.05) is 23.0 Å². The van der Waals surface area contributed by atoms with Crippen LogP contribution in [0.4, 0.5) is 0 Å². The molecule has 0 atom stereocenters. The van der Waals surface area contributed by atoms with Gasteiger partial charge in [0.25, 0.3) is 0 Å². The van der Waals surface area contributed by atoms with Crippen molar-refractivity contribution in [2.45, 2.75) is 103 Å². The number of fused-ring (bicyclic) bond motifs is 4. The zero-order valence-corrected chi connectivity index (χ0v) is 57.8. The van der Waals surface area contributed by atoms with Gasteiger partial charge in [0.05, 0.1) is 11.1 Å². The van der Waals surface area contributed by atoms with Crippen LogP contribution in [0, 0.1) is 51.4 Å². The first kappa shape index (κ1) is 60.1. The van der Waals surface area contributed by atoms with Gasteiger partial charge in [0.1, 0.15) is 10.8 Å². The standard InChI is InChI=1S/C97H74N2/c1-57-51-63(94(5,6)7)52-58(2)85(57)89-65-27-11-13-29-67(65)91(68-30-14-12-28-66(68)89)93(99-98)92-77-55-61(47-49-96-79-37-21-15-31-71(79)87(72-32-16-22-38-80(72)96)73-33-17-23-39-81(73)96)43-45-69(77)90(86-59(3)53-64(54-60(86)4)95(8,9)10)70-46-44-62(56-78(70)92)48-50-97-82-40-24-18-34-74(82)88(75-35-19-25-41-83(75)97)76-36-20-26-42-84(76)97/h11-46,51-56,87-88H,1-10H3. The zero-order valence-electron chi connectivity index (χ0n) is 57.8. The lowest BCUT2D eigenvalue weighted by Gasteiger charge is -2.48. The van der Waals surface area contributed by atoms with Crippen LogP contribution in [-0.4, -0.2) is 10.5 Å². The predicted molar refractivity (Wildman–Crippen MR) is 411 cm³/mol. The summed E-state index contributed by atoms with van der Waals surface area (Å²) < 4.78 is 0. The second-order valence-corrected chi connectivity index (χ2v) is 30.4. The SMILES string of the molecule is Cc1cc(C(C)(C)C)cc(C)c1-c1c2ccccc2c(C(=[N+]=[N-])c2c3cc(C#CC45c6ccccc6C(c6ccccc64)c4ccccc45)ccc3c(-c3c(C)cc(C(C)(C)C)cc3C)c3ccc(C#CC45c6ccccc6C(c6ccccc64)c4ccccc45)cc23)c2ccccc12. The van der Waals surface area contributed by atoms with Crippen molar-refractivity contribution in [1.82, 2.24) is 0 Å². The second-order valence-electron chi connectivity index (χ2n) is 30.4. The van der Waals surface area contributed by atoms with Crippen LogP contribution >= 0.6 is 0 Å². The molecule has 14 aromatic carbocycles. The lowest BCUT2D eigenvalue weighted by molar-refractivity contribution is -0.00233. The summed E-state index contributed by atoms with van der Waals surface area (Å²) in [6.45, 7) is 22.9. The van der Waals surface area contributed by atoms with Crippen LogP contribution < -0.4 is 0 Å². The minimum Gasteiger partial charge on any atom is -0.361 e. The summed E-state index contributed by atoms with van der Waals surface area (Å²) in [7, 11) is 0. The number of benzene rings is 14. The van der Waals surface area contributed by atoms with E-state index in [-0.39, 0.29) is 22.7 Å². The molecule has 0 spiro atoms. The molecule has 0 saturated heterocycles. The van der Waals surface area contributed by atoms with Crippen molar-refractivity contribution >= 4 is 48.8 Å². The normalized spacial score (nSPS) is 17.3. The summed E-state index contributed by atoms with van der Waals surface area (Å²) in [5.74, 6) is 16.4. The van der Waals surface area contributed by atoms with Crippen molar-refractivity contribution in [2.24, 2.45) is 0 Å². The summed E-state index contributed by atoms with van der Waals surface area (Å²) in [5.41, 5.74) is 42.3. The Morgan fingerprint density at radius 3 is 0.869 bits per heavy atom. The molecule has 4 bridgehead atoms. The second kappa shape index (κ2) is 21.8. The predicted octanol–water partition coefficient (Wildman–Crippen LogP) is 22.9. The Labute approximate surface area is 581 Å². The number of hydrogen-bond acceptors (Lipinski definition) is 0. The molecule has 472 valence electrons. The van der Waals surface area contributed by atoms with Gasteiger partial charge in [0.15, 0.2) is 0 Å². The fourth-order valence-electron chi connectivity index (χ4n) is 18.5. The average molecular weight is 1270 g/mol. The summed E-state index contributed by atoms with van der Waals surface area (Å²) >= 11 is 0. The third kappa shape index (κ3) is 8.60. The number of hydrogen-bond donors (Lipinski definition) is 0. The highest BCUT2D eigenvalue weighted by Crippen LogP contribution is 2.61. The van der Waals surface area contributed by atoms with Gasteiger partial charge in [-0.2, -0.15) is 4.79 Å². The molecule has 20 rings (SSSR count). The van der Waals surface area contributed by atoms with Crippen LogP contribution in [0.15, 0.2) is 255 Å². The Bertz CT molecular complexity index is 5530. The highest BCUT2D eigenvalue weighted by molar-refractivity contribution is 6.36. The van der Waals surface area contributed by atoms with Crippen molar-refractivity contribution in [2.75, 3.05) is 0 Å². The van der Waals surface area contributed by atoms with E-state index in [0.717, 1.165) is 70.9 Å². The van der Waals surface area contributed by atoms with Crippen molar-refractivity contribution in [3.63, 3.8) is 0 Å². The summed E-state index contributed by atoms with van der Waals surface area (Å²) in [6.07, 6.45) is 0. The van der Waals surface area contributed by atoms with Gasteiger partial charge in [-0.25, -0.2) is 0 Å². The fourth-order valence-corrected chi connectivity index (χ4v) is 18.5. The van der Waals surface area contributed by atoms with E-state index in [0.29, 0.717) is 5.71 Å². The molecule has 6 aliphatic carbocycles. The van der Waals surface area contributed by atoms with E-state index in [1.165, 1.54) is 117 Å². The van der Waals surface area contributed by atoms with E-state index < -0.39 is 10.8 Å². The molecular formula is C97H74N2. The maximum Gasteiger partial charge on any atom is 0.332 e. The summed E-state index contributed by atoms with van der Waals surface area (Å²) in [6, 6.07) is 94.6. The molecule has 14 aromatic rings. The minimum absolute atomic E-state index is 0.0332. The number of rotatable bonds is 4. The van der Waals surface area contributed by atoms with Gasteiger partial charge in [-0.05, 0) is 228 Å². The fraction of sp³-hybridized carbons (Fsp3) is 0.165. The van der Waals surface area contributed by atoms with Crippen LogP contribution in [-0.2, 0) is 21.7 Å². The third-order valence-corrected chi connectivity index (χ3v) is 22.8. The van der Waals surface area contributed by atoms with E-state index in [2.05, 4.69) is 348 Å². The van der Waals surface area contributed by atoms with Crippen LogP contribution in [0.3, 0.4) is 0 Å². The molecule has 0 radical (unpaired) electrons. The van der Waals surface area contributed by atoms with Crippen molar-refractivity contribution in [3.05, 3.63) is 383 Å².